The lowest BCUT2D eigenvalue weighted by molar-refractivity contribution is 0.167. The fourth-order valence-electron chi connectivity index (χ4n) is 5.20. The van der Waals surface area contributed by atoms with E-state index in [4.69, 9.17) is 28.7 Å². The molecule has 0 atom stereocenters. The number of hydrogen-bond donors (Lipinski definition) is 1. The van der Waals surface area contributed by atoms with Gasteiger partial charge >= 0.3 is 0 Å². The number of ether oxygens (including phenoxy) is 4. The smallest absolute Gasteiger partial charge is 0.255 e. The van der Waals surface area contributed by atoms with Crippen molar-refractivity contribution in [2.75, 3.05) is 20.3 Å². The second-order valence-electron chi connectivity index (χ2n) is 12.9. The molecule has 14 heteroatoms. The van der Waals surface area contributed by atoms with Gasteiger partial charge in [-0.3, -0.25) is 5.10 Å². The van der Waals surface area contributed by atoms with Crippen molar-refractivity contribution < 1.29 is 36.6 Å². The van der Waals surface area contributed by atoms with Crippen LogP contribution in [0.25, 0.3) is 22.8 Å². The van der Waals surface area contributed by atoms with Crippen molar-refractivity contribution in [3.8, 4) is 46.4 Å². The van der Waals surface area contributed by atoms with Gasteiger partial charge in [-0.1, -0.05) is 38.1 Å². The second kappa shape index (κ2) is 16.4. The average Bonchev–Trinajstić information content (AvgIpc) is 3.93. The first-order chi connectivity index (χ1) is 25.6. The number of benzene rings is 3. The third kappa shape index (κ3) is 9.57. The summed E-state index contributed by atoms with van der Waals surface area (Å²) in [6, 6.07) is 21.4. The summed E-state index contributed by atoms with van der Waals surface area (Å²) in [5.41, 5.74) is 1.84. The largest absolute Gasteiger partial charge is 0.497 e. The minimum absolute atomic E-state index is 0.0359. The Labute approximate surface area is 303 Å². The van der Waals surface area contributed by atoms with Crippen LogP contribution in [0.1, 0.15) is 48.3 Å². The summed E-state index contributed by atoms with van der Waals surface area (Å²) >= 11 is 0. The number of pyridine rings is 1. The van der Waals surface area contributed by atoms with Crippen molar-refractivity contribution in [1.29, 1.82) is 5.26 Å². The van der Waals surface area contributed by atoms with Crippen LogP contribution in [0, 0.1) is 34.2 Å². The average molecular weight is 725 g/mol. The maximum Gasteiger partial charge on any atom is 0.255 e. The molecule has 0 bridgehead atoms. The molecule has 1 fully saturated rings. The van der Waals surface area contributed by atoms with Crippen LogP contribution in [0.3, 0.4) is 0 Å². The van der Waals surface area contributed by atoms with E-state index >= 15 is 8.78 Å². The van der Waals surface area contributed by atoms with Crippen LogP contribution in [0.2, 0.25) is 0 Å². The Bertz CT molecular complexity index is 2210. The first-order valence-electron chi connectivity index (χ1n) is 16.6. The van der Waals surface area contributed by atoms with Gasteiger partial charge in [-0.2, -0.15) is 5.26 Å². The molecule has 4 heterocycles. The van der Waals surface area contributed by atoms with E-state index in [-0.39, 0.29) is 76.8 Å². The number of nitrogens with one attached hydrogen (secondary N) is 1. The van der Waals surface area contributed by atoms with Crippen molar-refractivity contribution in [2.24, 2.45) is 5.41 Å². The number of aromatic nitrogens is 5. The predicted molar refractivity (Wildman–Crippen MR) is 186 cm³/mol. The van der Waals surface area contributed by atoms with Crippen LogP contribution < -0.4 is 14.2 Å². The van der Waals surface area contributed by atoms with Crippen LogP contribution in [0.15, 0.2) is 83.4 Å². The van der Waals surface area contributed by atoms with Gasteiger partial charge in [0, 0.05) is 30.2 Å². The van der Waals surface area contributed by atoms with E-state index < -0.39 is 17.5 Å². The number of methoxy groups -OCH3 is 1. The molecule has 1 saturated heterocycles. The molecule has 0 saturated carbocycles. The maximum absolute atomic E-state index is 15.2. The number of nitrogens with zero attached hydrogens (tertiary/aromatic N) is 5. The van der Waals surface area contributed by atoms with E-state index in [0.29, 0.717) is 5.41 Å². The van der Waals surface area contributed by atoms with E-state index in [0.717, 1.165) is 42.7 Å². The quantitative estimate of drug-likeness (QED) is 0.140. The molecule has 7 rings (SSSR count). The Hall–Kier alpha value is -6.20. The summed E-state index contributed by atoms with van der Waals surface area (Å²) in [5, 5.41) is 19.6. The van der Waals surface area contributed by atoms with E-state index in [1.165, 1.54) is 36.8 Å². The van der Waals surface area contributed by atoms with Crippen LogP contribution in [0.5, 0.6) is 17.5 Å². The monoisotopic (exact) mass is 724 g/mol. The summed E-state index contributed by atoms with van der Waals surface area (Å²) in [6.07, 6.45) is 1.14. The van der Waals surface area contributed by atoms with E-state index in [1.54, 1.807) is 13.2 Å². The Balaban J connectivity index is 0.000000616. The first kappa shape index (κ1) is 36.6. The lowest BCUT2D eigenvalue weighted by atomic mass is 9.94. The molecule has 0 radical (unpaired) electrons. The number of hydrogen-bond acceptors (Lipinski definition) is 10. The molecular formula is C39H35F3N6O5. The van der Waals surface area contributed by atoms with Gasteiger partial charge in [0.05, 0.1) is 37.1 Å². The highest BCUT2D eigenvalue weighted by Gasteiger charge is 2.23. The molecule has 1 aliphatic rings. The molecule has 0 unspecified atom stereocenters. The second-order valence-corrected chi connectivity index (χ2v) is 12.9. The molecule has 272 valence electrons. The summed E-state index contributed by atoms with van der Waals surface area (Å²) in [6.45, 7) is 6.47. The lowest BCUT2D eigenvalue weighted by Crippen LogP contribution is -2.08. The summed E-state index contributed by atoms with van der Waals surface area (Å²) in [7, 11) is 1.59. The minimum atomic E-state index is -0.715. The van der Waals surface area contributed by atoms with Gasteiger partial charge in [0.2, 0.25) is 17.5 Å². The summed E-state index contributed by atoms with van der Waals surface area (Å²) in [5.74, 6) is -0.294. The SMILES string of the molecule is CC1(C)CCOC1.COc1ccc(COc2cc(-c3n[nH]c(Cc4cc(F)c(-c5cccc(OCc6ccc(C#N)cc6F)n5)cc4F)n3)on2)cc1. The Morgan fingerprint density at radius 3 is 2.36 bits per heavy atom. The number of rotatable bonds is 11. The fraction of sp³-hybridized carbons (Fsp3) is 0.256. The number of nitriles is 1. The van der Waals surface area contributed by atoms with Crippen molar-refractivity contribution >= 4 is 0 Å². The Morgan fingerprint density at radius 2 is 1.66 bits per heavy atom. The molecule has 11 nitrogen and oxygen atoms in total. The Kier molecular flexibility index (Phi) is 11.3. The molecule has 6 aromatic rings. The molecule has 1 aliphatic heterocycles. The molecule has 0 aliphatic carbocycles. The minimum Gasteiger partial charge on any atom is -0.497 e. The summed E-state index contributed by atoms with van der Waals surface area (Å²) < 4.78 is 71.4. The van der Waals surface area contributed by atoms with Crippen molar-refractivity contribution in [3.05, 3.63) is 124 Å². The van der Waals surface area contributed by atoms with Crippen LogP contribution in [0.4, 0.5) is 13.2 Å². The van der Waals surface area contributed by atoms with Crippen LogP contribution in [-0.2, 0) is 24.4 Å². The van der Waals surface area contributed by atoms with Gasteiger partial charge in [0.1, 0.15) is 42.2 Å². The number of aromatic amines is 1. The van der Waals surface area contributed by atoms with Gasteiger partial charge in [-0.25, -0.2) is 23.1 Å². The van der Waals surface area contributed by atoms with E-state index in [1.807, 2.05) is 30.3 Å². The molecule has 53 heavy (non-hydrogen) atoms. The third-order valence-electron chi connectivity index (χ3n) is 8.25. The summed E-state index contributed by atoms with van der Waals surface area (Å²) in [4.78, 5) is 8.57. The Morgan fingerprint density at radius 1 is 0.868 bits per heavy atom. The van der Waals surface area contributed by atoms with Gasteiger partial charge < -0.3 is 23.5 Å². The maximum atomic E-state index is 15.2. The number of halogens is 3. The molecule has 0 spiro atoms. The van der Waals surface area contributed by atoms with Crippen molar-refractivity contribution in [3.63, 3.8) is 0 Å². The van der Waals surface area contributed by atoms with Gasteiger partial charge in [0.15, 0.2) is 0 Å². The molecular weight excluding hydrogens is 689 g/mol. The topological polar surface area (TPSA) is 141 Å². The first-order valence-corrected chi connectivity index (χ1v) is 16.6. The highest BCUT2D eigenvalue weighted by Crippen LogP contribution is 2.28. The molecule has 1 N–H and O–H groups in total. The molecule has 3 aromatic heterocycles. The van der Waals surface area contributed by atoms with Crippen molar-refractivity contribution in [1.82, 2.24) is 25.3 Å². The zero-order chi connectivity index (χ0) is 37.4. The zero-order valence-electron chi connectivity index (χ0n) is 29.2. The van der Waals surface area contributed by atoms with Gasteiger partial charge in [-0.05, 0) is 70.6 Å². The fourth-order valence-corrected chi connectivity index (χ4v) is 5.20. The van der Waals surface area contributed by atoms with Crippen LogP contribution in [-0.4, -0.2) is 45.6 Å². The van der Waals surface area contributed by atoms with Gasteiger partial charge in [-0.15, -0.1) is 5.10 Å². The predicted octanol–water partition coefficient (Wildman–Crippen LogP) is 8.00. The highest BCUT2D eigenvalue weighted by atomic mass is 19.1. The number of H-pyrrole nitrogens is 1. The van der Waals surface area contributed by atoms with Gasteiger partial charge in [0.25, 0.3) is 5.88 Å². The van der Waals surface area contributed by atoms with E-state index in [9.17, 15) is 4.39 Å². The highest BCUT2D eigenvalue weighted by molar-refractivity contribution is 5.61. The lowest BCUT2D eigenvalue weighted by Gasteiger charge is -2.11. The third-order valence-corrected chi connectivity index (χ3v) is 8.25. The van der Waals surface area contributed by atoms with E-state index in [2.05, 4.69) is 39.2 Å². The normalized spacial score (nSPS) is 13.2. The van der Waals surface area contributed by atoms with Crippen molar-refractivity contribution in [2.45, 2.75) is 39.9 Å². The molecule has 3 aromatic carbocycles. The standard InChI is InChI=1S/C33H23F3N6O4.C6H12O/c1-43-23-9-6-19(7-10-23)17-44-32-15-29(46-42-32)33-39-30(40-41-33)13-22-12-27(36)24(14-26(22)35)28-3-2-4-31(38-28)45-18-21-8-5-20(16-37)11-25(21)34;1-6(2)3-4-7-5-6/h2-12,14-15H,13,17-18H2,1H3,(H,39,40,41);3-5H2,1-2H3. The zero-order valence-corrected chi connectivity index (χ0v) is 29.2. The van der Waals surface area contributed by atoms with Crippen LogP contribution >= 0.6 is 0 Å². The molecule has 0 amide bonds.